The third kappa shape index (κ3) is 3.94. The Balaban J connectivity index is 1.38. The van der Waals surface area contributed by atoms with Gasteiger partial charge in [-0.05, 0) is 43.7 Å². The van der Waals surface area contributed by atoms with Crippen LogP contribution in [-0.2, 0) is 4.79 Å². The number of ether oxygens (including phenoxy) is 1. The van der Waals surface area contributed by atoms with Crippen LogP contribution in [0.4, 0.5) is 0 Å². The highest BCUT2D eigenvalue weighted by Crippen LogP contribution is 2.23. The van der Waals surface area contributed by atoms with Crippen molar-refractivity contribution in [1.82, 2.24) is 9.80 Å². The summed E-state index contributed by atoms with van der Waals surface area (Å²) in [6, 6.07) is 9.91. The van der Waals surface area contributed by atoms with Gasteiger partial charge < -0.3 is 23.4 Å². The largest absolute Gasteiger partial charge is 0.481 e. The molecule has 1 aromatic carbocycles. The molecule has 30 heavy (non-hydrogen) atoms. The first-order chi connectivity index (χ1) is 14.4. The fourth-order valence-electron chi connectivity index (χ4n) is 3.58. The van der Waals surface area contributed by atoms with Crippen molar-refractivity contribution in [3.05, 3.63) is 64.4 Å². The van der Waals surface area contributed by atoms with E-state index in [0.29, 0.717) is 43.3 Å². The van der Waals surface area contributed by atoms with Crippen LogP contribution in [0.2, 0.25) is 0 Å². The van der Waals surface area contributed by atoms with E-state index in [-0.39, 0.29) is 11.8 Å². The first-order valence-corrected chi connectivity index (χ1v) is 9.75. The second-order valence-corrected chi connectivity index (χ2v) is 7.26. The van der Waals surface area contributed by atoms with Gasteiger partial charge in [0.1, 0.15) is 11.3 Å². The third-order valence-corrected chi connectivity index (χ3v) is 5.19. The molecule has 4 rings (SSSR count). The minimum absolute atomic E-state index is 0.161. The molecule has 3 aromatic rings. The number of carbonyl (C=O) groups is 2. The number of amides is 2. The Morgan fingerprint density at radius 1 is 1.07 bits per heavy atom. The maximum absolute atomic E-state index is 12.8. The molecule has 1 atom stereocenters. The standard InChI is InChI=1S/C22H22N2O6/c1-14-12-20(25)30-19-13-16(5-6-17(14)19)29-15(2)21(26)23-7-9-24(10-8-23)22(27)18-4-3-11-28-18/h3-6,11-13,15H,7-10H2,1-2H3/t15-/m1/s1. The molecule has 8 heteroatoms. The molecule has 3 heterocycles. The lowest BCUT2D eigenvalue weighted by atomic mass is 10.1. The van der Waals surface area contributed by atoms with E-state index in [4.69, 9.17) is 13.6 Å². The molecule has 0 spiro atoms. The summed E-state index contributed by atoms with van der Waals surface area (Å²) in [5, 5.41) is 0.818. The fraction of sp³-hybridized carbons (Fsp3) is 0.318. The van der Waals surface area contributed by atoms with Crippen molar-refractivity contribution in [2.75, 3.05) is 26.2 Å². The van der Waals surface area contributed by atoms with Crippen molar-refractivity contribution in [3.63, 3.8) is 0 Å². The van der Waals surface area contributed by atoms with Crippen LogP contribution in [0.15, 0.2) is 56.3 Å². The second-order valence-electron chi connectivity index (χ2n) is 7.26. The van der Waals surface area contributed by atoms with Gasteiger partial charge in [-0.2, -0.15) is 0 Å². The molecule has 0 bridgehead atoms. The van der Waals surface area contributed by atoms with Crippen LogP contribution in [0, 0.1) is 6.92 Å². The summed E-state index contributed by atoms with van der Waals surface area (Å²) in [5.74, 6) is 0.406. The topological polar surface area (TPSA) is 93.2 Å². The highest BCUT2D eigenvalue weighted by Gasteiger charge is 2.29. The van der Waals surface area contributed by atoms with Crippen LogP contribution in [-0.4, -0.2) is 53.9 Å². The first kappa shape index (κ1) is 19.8. The molecule has 1 fully saturated rings. The quantitative estimate of drug-likeness (QED) is 0.614. The number of fused-ring (bicyclic) bond motifs is 1. The van der Waals surface area contributed by atoms with Gasteiger partial charge in [0.2, 0.25) is 0 Å². The number of furan rings is 1. The molecule has 1 aliphatic rings. The number of aryl methyl sites for hydroxylation is 1. The number of hydrogen-bond donors (Lipinski definition) is 0. The summed E-state index contributed by atoms with van der Waals surface area (Å²) in [5.41, 5.74) is 0.810. The Morgan fingerprint density at radius 3 is 2.50 bits per heavy atom. The lowest BCUT2D eigenvalue weighted by Crippen LogP contribution is -2.53. The summed E-state index contributed by atoms with van der Waals surface area (Å²) in [4.78, 5) is 40.1. The molecular formula is C22H22N2O6. The van der Waals surface area contributed by atoms with Crippen molar-refractivity contribution in [1.29, 1.82) is 0 Å². The van der Waals surface area contributed by atoms with Gasteiger partial charge in [0.15, 0.2) is 11.9 Å². The van der Waals surface area contributed by atoms with Crippen molar-refractivity contribution in [2.24, 2.45) is 0 Å². The predicted octanol–water partition coefficient (Wildman–Crippen LogP) is 2.45. The average molecular weight is 410 g/mol. The van der Waals surface area contributed by atoms with E-state index in [1.165, 1.54) is 12.3 Å². The van der Waals surface area contributed by atoms with Crippen LogP contribution in [0.25, 0.3) is 11.0 Å². The molecule has 2 aromatic heterocycles. The summed E-state index contributed by atoms with van der Waals surface area (Å²) < 4.78 is 16.2. The summed E-state index contributed by atoms with van der Waals surface area (Å²) in [6.07, 6.45) is 0.747. The fourth-order valence-corrected chi connectivity index (χ4v) is 3.58. The molecule has 0 N–H and O–H groups in total. The summed E-state index contributed by atoms with van der Waals surface area (Å²) >= 11 is 0. The van der Waals surface area contributed by atoms with Crippen LogP contribution in [0.3, 0.4) is 0 Å². The van der Waals surface area contributed by atoms with Crippen LogP contribution < -0.4 is 10.4 Å². The Morgan fingerprint density at radius 2 is 1.80 bits per heavy atom. The molecular weight excluding hydrogens is 388 g/mol. The lowest BCUT2D eigenvalue weighted by Gasteiger charge is -2.35. The summed E-state index contributed by atoms with van der Waals surface area (Å²) in [6.45, 7) is 5.22. The van der Waals surface area contributed by atoms with Gasteiger partial charge >= 0.3 is 5.63 Å². The highest BCUT2D eigenvalue weighted by molar-refractivity contribution is 5.91. The third-order valence-electron chi connectivity index (χ3n) is 5.19. The molecule has 0 saturated carbocycles. The predicted molar refractivity (Wildman–Crippen MR) is 109 cm³/mol. The number of hydrogen-bond acceptors (Lipinski definition) is 6. The zero-order valence-electron chi connectivity index (χ0n) is 16.8. The van der Waals surface area contributed by atoms with E-state index in [2.05, 4.69) is 0 Å². The van der Waals surface area contributed by atoms with E-state index in [1.54, 1.807) is 47.1 Å². The Kier molecular flexibility index (Phi) is 5.31. The van der Waals surface area contributed by atoms with Crippen molar-refractivity contribution >= 4 is 22.8 Å². The van der Waals surface area contributed by atoms with Gasteiger partial charge in [0.05, 0.1) is 6.26 Å². The normalized spacial score (nSPS) is 15.3. The molecule has 0 radical (unpaired) electrons. The van der Waals surface area contributed by atoms with Crippen molar-refractivity contribution in [3.8, 4) is 5.75 Å². The van der Waals surface area contributed by atoms with Gasteiger partial charge in [0.25, 0.3) is 11.8 Å². The SMILES string of the molecule is Cc1cc(=O)oc2cc(O[C@H](C)C(=O)N3CCN(C(=O)c4ccco4)CC3)ccc12. The van der Waals surface area contributed by atoms with Crippen LogP contribution in [0.5, 0.6) is 5.75 Å². The van der Waals surface area contributed by atoms with Crippen molar-refractivity contribution in [2.45, 2.75) is 20.0 Å². The van der Waals surface area contributed by atoms with E-state index >= 15 is 0 Å². The molecule has 156 valence electrons. The van der Waals surface area contributed by atoms with Gasteiger partial charge in [-0.1, -0.05) is 0 Å². The monoisotopic (exact) mass is 410 g/mol. The highest BCUT2D eigenvalue weighted by atomic mass is 16.5. The molecule has 0 aliphatic carbocycles. The second kappa shape index (κ2) is 8.06. The lowest BCUT2D eigenvalue weighted by molar-refractivity contribution is -0.139. The Labute approximate surface area is 172 Å². The van der Waals surface area contributed by atoms with Gasteiger partial charge in [-0.15, -0.1) is 0 Å². The number of nitrogens with zero attached hydrogens (tertiary/aromatic N) is 2. The first-order valence-electron chi connectivity index (χ1n) is 9.75. The summed E-state index contributed by atoms with van der Waals surface area (Å²) in [7, 11) is 0. The number of benzene rings is 1. The van der Waals surface area contributed by atoms with Crippen LogP contribution in [0.1, 0.15) is 23.0 Å². The van der Waals surface area contributed by atoms with E-state index in [1.807, 2.05) is 6.92 Å². The van der Waals surface area contributed by atoms with E-state index < -0.39 is 11.7 Å². The average Bonchev–Trinajstić information content (AvgIpc) is 3.27. The number of rotatable bonds is 4. The zero-order chi connectivity index (χ0) is 21.3. The van der Waals surface area contributed by atoms with Crippen molar-refractivity contribution < 1.29 is 23.2 Å². The van der Waals surface area contributed by atoms with Crippen LogP contribution >= 0.6 is 0 Å². The maximum Gasteiger partial charge on any atom is 0.336 e. The van der Waals surface area contributed by atoms with E-state index in [9.17, 15) is 14.4 Å². The van der Waals surface area contributed by atoms with Gasteiger partial charge in [0, 0.05) is 43.7 Å². The molecule has 1 aliphatic heterocycles. The minimum atomic E-state index is -0.716. The Hall–Kier alpha value is -3.55. The van der Waals surface area contributed by atoms with Gasteiger partial charge in [-0.3, -0.25) is 9.59 Å². The number of piperazine rings is 1. The molecule has 8 nitrogen and oxygen atoms in total. The Bertz CT molecular complexity index is 1130. The van der Waals surface area contributed by atoms with Gasteiger partial charge in [-0.25, -0.2) is 4.79 Å². The van der Waals surface area contributed by atoms with E-state index in [0.717, 1.165) is 10.9 Å². The molecule has 0 unspecified atom stereocenters. The zero-order valence-corrected chi connectivity index (χ0v) is 16.8. The molecule has 2 amide bonds. The molecule has 1 saturated heterocycles. The number of carbonyl (C=O) groups excluding carboxylic acids is 2. The maximum atomic E-state index is 12.8. The minimum Gasteiger partial charge on any atom is -0.481 e. The smallest absolute Gasteiger partial charge is 0.336 e.